The van der Waals surface area contributed by atoms with Crippen molar-refractivity contribution >= 4 is 5.91 Å². The first-order valence-corrected chi connectivity index (χ1v) is 12.2. The third kappa shape index (κ3) is 7.00. The quantitative estimate of drug-likeness (QED) is 0.289. The maximum atomic E-state index is 13.7. The van der Waals surface area contributed by atoms with Gasteiger partial charge >= 0.3 is 0 Å². The molecule has 0 bridgehead atoms. The van der Waals surface area contributed by atoms with Crippen LogP contribution in [0.1, 0.15) is 61.3 Å². The van der Waals surface area contributed by atoms with Crippen LogP contribution in [0.25, 0.3) is 0 Å². The van der Waals surface area contributed by atoms with Gasteiger partial charge in [0.1, 0.15) is 24.4 Å². The molecule has 6 nitrogen and oxygen atoms in total. The van der Waals surface area contributed by atoms with Gasteiger partial charge in [0.05, 0.1) is 6.04 Å². The van der Waals surface area contributed by atoms with Gasteiger partial charge < -0.3 is 25.7 Å². The fourth-order valence-electron chi connectivity index (χ4n) is 4.63. The van der Waals surface area contributed by atoms with E-state index in [1.807, 2.05) is 19.1 Å². The minimum Gasteiger partial charge on any atom is -0.388 e. The molecule has 0 aromatic rings. The zero-order valence-corrected chi connectivity index (χ0v) is 21.9. The van der Waals surface area contributed by atoms with Crippen molar-refractivity contribution in [3.8, 4) is 0 Å². The van der Waals surface area contributed by atoms with E-state index < -0.39 is 42.5 Å². The number of aliphatic hydroxyl groups excluding tert-OH is 4. The van der Waals surface area contributed by atoms with Crippen molar-refractivity contribution in [3.05, 3.63) is 58.7 Å². The number of aliphatic hydroxyl groups is 4. The Morgan fingerprint density at radius 1 is 0.914 bits per heavy atom. The SMILES string of the molecule is CC1=C(/C=C/C(C)=C/C=C/C(C)=C/C(=O)NC2C(O)C(O)C(F)C(O)C2O)C(C)(C)CCC1(C)C. The summed E-state index contributed by atoms with van der Waals surface area (Å²) >= 11 is 0. The molecule has 2 aliphatic carbocycles. The van der Waals surface area contributed by atoms with Crippen molar-refractivity contribution in [2.45, 2.75) is 97.9 Å². The van der Waals surface area contributed by atoms with Crippen LogP contribution in [-0.4, -0.2) is 63.0 Å². The predicted molar refractivity (Wildman–Crippen MR) is 136 cm³/mol. The van der Waals surface area contributed by atoms with Gasteiger partial charge in [0, 0.05) is 6.08 Å². The van der Waals surface area contributed by atoms with Gasteiger partial charge in [-0.05, 0) is 55.6 Å². The normalized spacial score (nSPS) is 34.1. The number of carbonyl (C=O) groups is 1. The summed E-state index contributed by atoms with van der Waals surface area (Å²) in [5.41, 5.74) is 4.79. The molecule has 35 heavy (non-hydrogen) atoms. The minimum absolute atomic E-state index is 0.135. The highest BCUT2D eigenvalue weighted by atomic mass is 19.1. The summed E-state index contributed by atoms with van der Waals surface area (Å²) in [4.78, 5) is 12.3. The number of halogens is 1. The van der Waals surface area contributed by atoms with E-state index in [0.29, 0.717) is 5.57 Å². The van der Waals surface area contributed by atoms with Crippen molar-refractivity contribution in [1.29, 1.82) is 0 Å². The molecule has 0 saturated heterocycles. The van der Waals surface area contributed by atoms with Gasteiger partial charge in [-0.1, -0.05) is 69.2 Å². The summed E-state index contributed by atoms with van der Waals surface area (Å²) < 4.78 is 13.7. The average Bonchev–Trinajstić information content (AvgIpc) is 2.77. The molecule has 4 unspecified atom stereocenters. The number of alkyl halides is 1. The van der Waals surface area contributed by atoms with E-state index in [2.05, 4.69) is 52.1 Å². The molecule has 1 saturated carbocycles. The number of hydrogen-bond donors (Lipinski definition) is 5. The predicted octanol–water partition coefficient (Wildman–Crippen LogP) is 3.43. The van der Waals surface area contributed by atoms with Crippen LogP contribution in [0.2, 0.25) is 0 Å². The van der Waals surface area contributed by atoms with Gasteiger partial charge in [0.25, 0.3) is 0 Å². The highest BCUT2D eigenvalue weighted by molar-refractivity contribution is 5.89. The standard InChI is InChI=1S/C28H42FNO5/c1-16(11-12-19-18(3)27(4,5)13-14-28(19,6)7)9-8-10-17(2)15-20(31)30-22-25(34)23(32)21(29)24(33)26(22)35/h8-12,15,21-26,32-35H,13-14H2,1-7H3,(H,30,31)/b10-8+,12-11+,16-9+,17-15+. The Hall–Kier alpha value is -2.06. The van der Waals surface area contributed by atoms with Crippen LogP contribution in [0.4, 0.5) is 4.39 Å². The highest BCUT2D eigenvalue weighted by Crippen LogP contribution is 2.49. The van der Waals surface area contributed by atoms with Crippen molar-refractivity contribution in [2.24, 2.45) is 10.8 Å². The molecule has 0 aliphatic heterocycles. The summed E-state index contributed by atoms with van der Waals surface area (Å²) in [7, 11) is 0. The lowest BCUT2D eigenvalue weighted by atomic mass is 9.63. The number of rotatable bonds is 6. The van der Waals surface area contributed by atoms with E-state index in [-0.39, 0.29) is 10.8 Å². The molecular formula is C28H42FNO5. The average molecular weight is 492 g/mol. The van der Waals surface area contributed by atoms with E-state index >= 15 is 0 Å². The van der Waals surface area contributed by atoms with Crippen LogP contribution in [-0.2, 0) is 4.79 Å². The lowest BCUT2D eigenvalue weighted by molar-refractivity contribution is -0.170. The van der Waals surface area contributed by atoms with Gasteiger partial charge in [0.2, 0.25) is 5.91 Å². The van der Waals surface area contributed by atoms with Gasteiger partial charge in [0.15, 0.2) is 6.17 Å². The van der Waals surface area contributed by atoms with Crippen LogP contribution in [0.5, 0.6) is 0 Å². The molecule has 196 valence electrons. The fourth-order valence-corrected chi connectivity index (χ4v) is 4.63. The molecule has 0 radical (unpaired) electrons. The van der Waals surface area contributed by atoms with E-state index in [1.165, 1.54) is 23.6 Å². The van der Waals surface area contributed by atoms with E-state index in [4.69, 9.17) is 0 Å². The van der Waals surface area contributed by atoms with Crippen molar-refractivity contribution in [3.63, 3.8) is 0 Å². The van der Waals surface area contributed by atoms with Crippen LogP contribution >= 0.6 is 0 Å². The van der Waals surface area contributed by atoms with Crippen LogP contribution in [0.3, 0.4) is 0 Å². The molecule has 0 aromatic carbocycles. The van der Waals surface area contributed by atoms with E-state index in [9.17, 15) is 29.6 Å². The molecule has 7 heteroatoms. The van der Waals surface area contributed by atoms with Crippen LogP contribution < -0.4 is 5.32 Å². The first-order valence-electron chi connectivity index (χ1n) is 12.2. The molecule has 0 aromatic heterocycles. The summed E-state index contributed by atoms with van der Waals surface area (Å²) in [6, 6.07) is -1.40. The summed E-state index contributed by atoms with van der Waals surface area (Å²) in [5, 5.41) is 41.6. The second-order valence-corrected chi connectivity index (χ2v) is 11.2. The lowest BCUT2D eigenvalue weighted by Crippen LogP contribution is -2.67. The van der Waals surface area contributed by atoms with Crippen LogP contribution in [0, 0.1) is 10.8 Å². The molecule has 1 fully saturated rings. The number of amides is 1. The molecular weight excluding hydrogens is 449 g/mol. The molecule has 5 N–H and O–H groups in total. The molecule has 0 spiro atoms. The summed E-state index contributed by atoms with van der Waals surface area (Å²) in [5.74, 6) is -0.642. The first-order chi connectivity index (χ1) is 16.1. The number of hydrogen-bond acceptors (Lipinski definition) is 5. The van der Waals surface area contributed by atoms with Crippen molar-refractivity contribution in [1.82, 2.24) is 5.32 Å². The first kappa shape index (κ1) is 29.2. The third-order valence-electron chi connectivity index (χ3n) is 7.51. The molecule has 0 heterocycles. The Balaban J connectivity index is 2.04. The van der Waals surface area contributed by atoms with Gasteiger partial charge in [-0.25, -0.2) is 4.39 Å². The summed E-state index contributed by atoms with van der Waals surface area (Å²) in [6.45, 7) is 15.1. The zero-order chi connectivity index (χ0) is 26.7. The zero-order valence-electron chi connectivity index (χ0n) is 21.9. The van der Waals surface area contributed by atoms with Crippen molar-refractivity contribution < 1.29 is 29.6 Å². The Morgan fingerprint density at radius 3 is 2.03 bits per heavy atom. The molecule has 4 atom stereocenters. The smallest absolute Gasteiger partial charge is 0.244 e. The minimum atomic E-state index is -2.20. The topological polar surface area (TPSA) is 110 Å². The molecule has 2 rings (SSSR count). The Labute approximate surface area is 208 Å². The Bertz CT molecular complexity index is 927. The fraction of sp³-hybridized carbons (Fsp3) is 0.607. The van der Waals surface area contributed by atoms with E-state index in [1.54, 1.807) is 13.0 Å². The lowest BCUT2D eigenvalue weighted by Gasteiger charge is -2.42. The number of allylic oxidation sites excluding steroid dienone is 9. The van der Waals surface area contributed by atoms with Crippen LogP contribution in [0.15, 0.2) is 58.7 Å². The second-order valence-electron chi connectivity index (χ2n) is 11.2. The van der Waals surface area contributed by atoms with Gasteiger partial charge in [-0.15, -0.1) is 0 Å². The largest absolute Gasteiger partial charge is 0.388 e. The maximum Gasteiger partial charge on any atom is 0.244 e. The monoisotopic (exact) mass is 491 g/mol. The highest BCUT2D eigenvalue weighted by Gasteiger charge is 2.49. The number of nitrogens with one attached hydrogen (secondary N) is 1. The van der Waals surface area contributed by atoms with Crippen molar-refractivity contribution in [2.75, 3.05) is 0 Å². The molecule has 2 aliphatic rings. The van der Waals surface area contributed by atoms with Gasteiger partial charge in [-0.3, -0.25) is 4.79 Å². The number of carbonyl (C=O) groups excluding carboxylic acids is 1. The Kier molecular flexibility index (Phi) is 9.45. The third-order valence-corrected chi connectivity index (χ3v) is 7.51. The summed E-state index contributed by atoms with van der Waals surface area (Å²) in [6.07, 6.45) is 3.88. The Morgan fingerprint density at radius 2 is 1.46 bits per heavy atom. The molecule has 1 amide bonds. The van der Waals surface area contributed by atoms with E-state index in [0.717, 1.165) is 12.0 Å². The van der Waals surface area contributed by atoms with Gasteiger partial charge in [-0.2, -0.15) is 0 Å². The maximum absolute atomic E-state index is 13.7. The second kappa shape index (κ2) is 11.3.